The molecule has 0 saturated carbocycles. The van der Waals surface area contributed by atoms with Crippen molar-refractivity contribution in [3.63, 3.8) is 0 Å². The smallest absolute Gasteiger partial charge is 0.270 e. The second-order valence-electron chi connectivity index (χ2n) is 5.59. The number of nitrogens with zero attached hydrogens (tertiary/aromatic N) is 2. The largest absolute Gasteiger partial charge is 0.350 e. The van der Waals surface area contributed by atoms with E-state index in [2.05, 4.69) is 10.3 Å². The molecule has 2 aromatic heterocycles. The van der Waals surface area contributed by atoms with E-state index in [1.807, 2.05) is 17.0 Å². The number of nitrogens with one attached hydrogen (secondary N) is 1. The molecule has 2 aromatic rings. The number of likely N-dealkylation sites (tertiary alicyclic amines) is 1. The summed E-state index contributed by atoms with van der Waals surface area (Å²) in [5, 5.41) is 5.28. The third-order valence-corrected chi connectivity index (χ3v) is 6.10. The number of piperidine rings is 1. The first-order valence-corrected chi connectivity index (χ1v) is 9.98. The highest BCUT2D eigenvalue weighted by atomic mass is 35.5. The molecule has 1 aliphatic heterocycles. The van der Waals surface area contributed by atoms with Crippen molar-refractivity contribution >= 4 is 46.1 Å². The van der Waals surface area contributed by atoms with Crippen LogP contribution in [0.4, 0.5) is 0 Å². The van der Waals surface area contributed by atoms with Gasteiger partial charge >= 0.3 is 0 Å². The molecule has 0 aromatic carbocycles. The zero-order valence-corrected chi connectivity index (χ0v) is 15.5. The molecule has 0 atom stereocenters. The molecule has 2 amide bonds. The van der Waals surface area contributed by atoms with Crippen molar-refractivity contribution in [2.75, 3.05) is 19.6 Å². The third kappa shape index (κ3) is 4.34. The van der Waals surface area contributed by atoms with Gasteiger partial charge in [-0.1, -0.05) is 11.6 Å². The van der Waals surface area contributed by atoms with Gasteiger partial charge in [-0.15, -0.1) is 22.7 Å². The minimum Gasteiger partial charge on any atom is -0.350 e. The molecule has 0 bridgehead atoms. The Morgan fingerprint density at radius 3 is 2.75 bits per heavy atom. The summed E-state index contributed by atoms with van der Waals surface area (Å²) < 4.78 is 0.697. The molecule has 1 fully saturated rings. The Labute approximate surface area is 153 Å². The van der Waals surface area contributed by atoms with Gasteiger partial charge < -0.3 is 10.2 Å². The maximum absolute atomic E-state index is 12.1. The Morgan fingerprint density at radius 2 is 2.04 bits per heavy atom. The molecule has 5 nitrogen and oxygen atoms in total. The summed E-state index contributed by atoms with van der Waals surface area (Å²) in [5.74, 6) is -0.131. The average Bonchev–Trinajstić information content (AvgIpc) is 3.24. The van der Waals surface area contributed by atoms with E-state index in [1.54, 1.807) is 5.38 Å². The lowest BCUT2D eigenvalue weighted by molar-refractivity contribution is -0.131. The second kappa shape index (κ2) is 8.09. The number of hydrogen-bond acceptors (Lipinski definition) is 5. The van der Waals surface area contributed by atoms with E-state index in [0.717, 1.165) is 35.8 Å². The maximum atomic E-state index is 12.1. The molecule has 1 aliphatic rings. The van der Waals surface area contributed by atoms with E-state index < -0.39 is 0 Å². The molecule has 24 heavy (non-hydrogen) atoms. The normalized spacial score (nSPS) is 14.6. The van der Waals surface area contributed by atoms with E-state index >= 15 is 0 Å². The van der Waals surface area contributed by atoms with Crippen molar-refractivity contribution in [1.82, 2.24) is 15.2 Å². The molecule has 8 heteroatoms. The Bertz CT molecular complexity index is 722. The highest BCUT2D eigenvalue weighted by Crippen LogP contribution is 2.32. The Balaban J connectivity index is 1.48. The lowest BCUT2D eigenvalue weighted by Crippen LogP contribution is -2.37. The van der Waals surface area contributed by atoms with Gasteiger partial charge in [-0.05, 0) is 31.4 Å². The van der Waals surface area contributed by atoms with Crippen molar-refractivity contribution in [2.45, 2.75) is 25.7 Å². The first-order chi connectivity index (χ1) is 11.6. The van der Waals surface area contributed by atoms with Crippen LogP contribution in [0.1, 0.15) is 36.2 Å². The molecule has 3 heterocycles. The number of amides is 2. The standard InChI is InChI=1S/C16H18ClN3O2S2/c17-13-5-4-12(24-13)16-19-11(10-23-16)15(22)18-7-6-14(21)20-8-2-1-3-9-20/h4-5,10H,1-3,6-9H2,(H,18,22). The van der Waals surface area contributed by atoms with Gasteiger partial charge in [0.05, 0.1) is 9.21 Å². The molecule has 0 radical (unpaired) electrons. The van der Waals surface area contributed by atoms with Crippen LogP contribution >= 0.6 is 34.3 Å². The number of aromatic nitrogens is 1. The van der Waals surface area contributed by atoms with Crippen LogP contribution in [0, 0.1) is 0 Å². The van der Waals surface area contributed by atoms with Gasteiger partial charge in [0.25, 0.3) is 5.91 Å². The number of carbonyl (C=O) groups is 2. The summed E-state index contributed by atoms with van der Waals surface area (Å²) in [6.07, 6.45) is 3.68. The van der Waals surface area contributed by atoms with E-state index in [1.165, 1.54) is 29.1 Å². The lowest BCUT2D eigenvalue weighted by Gasteiger charge is -2.26. The summed E-state index contributed by atoms with van der Waals surface area (Å²) in [6, 6.07) is 3.71. The molecule has 1 saturated heterocycles. The average molecular weight is 384 g/mol. The van der Waals surface area contributed by atoms with Crippen molar-refractivity contribution in [2.24, 2.45) is 0 Å². The van der Waals surface area contributed by atoms with Crippen molar-refractivity contribution in [1.29, 1.82) is 0 Å². The minimum absolute atomic E-state index is 0.113. The maximum Gasteiger partial charge on any atom is 0.270 e. The van der Waals surface area contributed by atoms with Gasteiger partial charge in [0.2, 0.25) is 5.91 Å². The zero-order chi connectivity index (χ0) is 16.9. The Hall–Kier alpha value is -1.44. The molecule has 1 N–H and O–H groups in total. The first-order valence-electron chi connectivity index (χ1n) is 7.91. The fraction of sp³-hybridized carbons (Fsp3) is 0.438. The fourth-order valence-corrected chi connectivity index (χ4v) is 4.51. The number of hydrogen-bond donors (Lipinski definition) is 1. The summed E-state index contributed by atoms with van der Waals surface area (Å²) in [4.78, 5) is 31.4. The monoisotopic (exact) mass is 383 g/mol. The van der Waals surface area contributed by atoms with Gasteiger partial charge in [-0.25, -0.2) is 4.98 Å². The highest BCUT2D eigenvalue weighted by Gasteiger charge is 2.17. The highest BCUT2D eigenvalue weighted by molar-refractivity contribution is 7.23. The molecule has 0 unspecified atom stereocenters. The fourth-order valence-electron chi connectivity index (χ4n) is 2.60. The topological polar surface area (TPSA) is 62.3 Å². The van der Waals surface area contributed by atoms with Crippen LogP contribution < -0.4 is 5.32 Å². The molecular formula is C16H18ClN3O2S2. The van der Waals surface area contributed by atoms with Gasteiger partial charge in [-0.2, -0.15) is 0 Å². The number of thiazole rings is 1. The van der Waals surface area contributed by atoms with Crippen LogP contribution in [-0.2, 0) is 4.79 Å². The van der Waals surface area contributed by atoms with Gasteiger partial charge in [0, 0.05) is 31.4 Å². The van der Waals surface area contributed by atoms with Gasteiger partial charge in [0.1, 0.15) is 10.7 Å². The Morgan fingerprint density at radius 1 is 1.25 bits per heavy atom. The number of carbonyl (C=O) groups excluding carboxylic acids is 2. The molecular weight excluding hydrogens is 366 g/mol. The molecule has 3 rings (SSSR count). The predicted octanol–water partition coefficient (Wildman–Crippen LogP) is 3.66. The number of halogens is 1. The van der Waals surface area contributed by atoms with E-state index in [9.17, 15) is 9.59 Å². The summed E-state index contributed by atoms with van der Waals surface area (Å²) in [6.45, 7) is 2.02. The summed E-state index contributed by atoms with van der Waals surface area (Å²) in [7, 11) is 0. The Kier molecular flexibility index (Phi) is 5.86. The van der Waals surface area contributed by atoms with Gasteiger partial charge in [-0.3, -0.25) is 9.59 Å². The molecule has 128 valence electrons. The van der Waals surface area contributed by atoms with Crippen molar-refractivity contribution < 1.29 is 9.59 Å². The second-order valence-corrected chi connectivity index (χ2v) is 8.16. The van der Waals surface area contributed by atoms with E-state index in [-0.39, 0.29) is 11.8 Å². The van der Waals surface area contributed by atoms with Crippen LogP contribution in [0.3, 0.4) is 0 Å². The van der Waals surface area contributed by atoms with Crippen LogP contribution in [0.25, 0.3) is 9.88 Å². The van der Waals surface area contributed by atoms with Crippen LogP contribution in [0.5, 0.6) is 0 Å². The van der Waals surface area contributed by atoms with Crippen molar-refractivity contribution in [3.8, 4) is 9.88 Å². The predicted molar refractivity (Wildman–Crippen MR) is 97.8 cm³/mol. The summed E-state index contributed by atoms with van der Waals surface area (Å²) >= 11 is 8.77. The van der Waals surface area contributed by atoms with Gasteiger partial charge in [0.15, 0.2) is 0 Å². The van der Waals surface area contributed by atoms with Crippen LogP contribution in [0.15, 0.2) is 17.5 Å². The van der Waals surface area contributed by atoms with E-state index in [0.29, 0.717) is 23.0 Å². The third-order valence-electron chi connectivity index (χ3n) is 3.85. The van der Waals surface area contributed by atoms with Crippen LogP contribution in [0.2, 0.25) is 4.34 Å². The minimum atomic E-state index is -0.244. The molecule has 0 aliphatic carbocycles. The molecule has 0 spiro atoms. The van der Waals surface area contributed by atoms with E-state index in [4.69, 9.17) is 11.6 Å². The number of thiophene rings is 1. The quantitative estimate of drug-likeness (QED) is 0.857. The lowest BCUT2D eigenvalue weighted by atomic mass is 10.1. The van der Waals surface area contributed by atoms with Crippen LogP contribution in [-0.4, -0.2) is 41.3 Å². The van der Waals surface area contributed by atoms with Crippen molar-refractivity contribution in [3.05, 3.63) is 27.5 Å². The number of rotatable bonds is 5. The first kappa shape index (κ1) is 17.4. The SMILES string of the molecule is O=C(NCCC(=O)N1CCCCC1)c1csc(-c2ccc(Cl)s2)n1. The zero-order valence-electron chi connectivity index (χ0n) is 13.1. The summed E-state index contributed by atoms with van der Waals surface area (Å²) in [5.41, 5.74) is 0.380.